The Morgan fingerprint density at radius 3 is 2.65 bits per heavy atom. The first-order valence-electron chi connectivity index (χ1n) is 5.81. The highest BCUT2D eigenvalue weighted by atomic mass is 32.2. The maximum atomic E-state index is 5.49. The zero-order valence-corrected chi connectivity index (χ0v) is 11.4. The third kappa shape index (κ3) is 2.38. The van der Waals surface area contributed by atoms with Crippen molar-refractivity contribution in [3.8, 4) is 11.5 Å². The summed E-state index contributed by atoms with van der Waals surface area (Å²) in [6.07, 6.45) is 3.28. The summed E-state index contributed by atoms with van der Waals surface area (Å²) in [7, 11) is 3.38. The fourth-order valence-electron chi connectivity index (χ4n) is 2.37. The van der Waals surface area contributed by atoms with E-state index in [0.29, 0.717) is 5.92 Å². The Morgan fingerprint density at radius 2 is 2.12 bits per heavy atom. The molecule has 1 aliphatic heterocycles. The molecule has 0 radical (unpaired) electrons. The van der Waals surface area contributed by atoms with E-state index in [2.05, 4.69) is 17.6 Å². The van der Waals surface area contributed by atoms with Crippen LogP contribution in [0.3, 0.4) is 0 Å². The van der Waals surface area contributed by atoms with E-state index in [4.69, 9.17) is 9.47 Å². The van der Waals surface area contributed by atoms with Crippen LogP contribution in [0.2, 0.25) is 0 Å². The van der Waals surface area contributed by atoms with Crippen molar-refractivity contribution in [1.82, 2.24) is 5.32 Å². The van der Waals surface area contributed by atoms with E-state index in [1.54, 1.807) is 26.0 Å². The van der Waals surface area contributed by atoms with Gasteiger partial charge in [0.15, 0.2) is 11.5 Å². The summed E-state index contributed by atoms with van der Waals surface area (Å²) < 4.78 is 10.8. The van der Waals surface area contributed by atoms with Crippen molar-refractivity contribution >= 4 is 11.8 Å². The predicted octanol–water partition coefficient (Wildman–Crippen LogP) is 2.50. The van der Waals surface area contributed by atoms with Crippen LogP contribution in [-0.4, -0.2) is 33.6 Å². The molecule has 3 nitrogen and oxygen atoms in total. The molecule has 0 aromatic heterocycles. The number of hydrogen-bond acceptors (Lipinski definition) is 4. The molecule has 1 heterocycles. The van der Waals surface area contributed by atoms with Crippen LogP contribution in [0.5, 0.6) is 11.5 Å². The molecule has 1 unspecified atom stereocenters. The molecule has 1 saturated heterocycles. The molecule has 0 spiro atoms. The Balaban J connectivity index is 2.44. The van der Waals surface area contributed by atoms with E-state index in [9.17, 15) is 0 Å². The minimum atomic E-state index is 0.595. The van der Waals surface area contributed by atoms with Gasteiger partial charge in [0.05, 0.1) is 19.1 Å². The van der Waals surface area contributed by atoms with Gasteiger partial charge in [0, 0.05) is 6.54 Å². The molecule has 1 aromatic rings. The van der Waals surface area contributed by atoms with Crippen LogP contribution >= 0.6 is 11.8 Å². The molecule has 1 N–H and O–H groups in total. The van der Waals surface area contributed by atoms with Crippen LogP contribution in [-0.2, 0) is 0 Å². The van der Waals surface area contributed by atoms with Crippen molar-refractivity contribution in [2.45, 2.75) is 17.2 Å². The van der Waals surface area contributed by atoms with Gasteiger partial charge in [0.1, 0.15) is 0 Å². The summed E-state index contributed by atoms with van der Waals surface area (Å²) in [5, 5.41) is 3.41. The number of benzene rings is 1. The number of ether oxygens (including phenoxy) is 2. The van der Waals surface area contributed by atoms with E-state index in [1.165, 1.54) is 16.9 Å². The summed E-state index contributed by atoms with van der Waals surface area (Å²) in [4.78, 5) is 1.21. The van der Waals surface area contributed by atoms with Crippen molar-refractivity contribution < 1.29 is 9.47 Å². The van der Waals surface area contributed by atoms with Crippen molar-refractivity contribution in [1.29, 1.82) is 0 Å². The van der Waals surface area contributed by atoms with Gasteiger partial charge < -0.3 is 14.8 Å². The fraction of sp³-hybridized carbons (Fsp3) is 0.538. The Labute approximate surface area is 107 Å². The van der Waals surface area contributed by atoms with Gasteiger partial charge in [-0.3, -0.25) is 0 Å². The summed E-state index contributed by atoms with van der Waals surface area (Å²) in [5.41, 5.74) is 1.38. The molecule has 1 fully saturated rings. The molecule has 0 aliphatic carbocycles. The van der Waals surface area contributed by atoms with Crippen LogP contribution in [0, 0.1) is 0 Å². The quantitative estimate of drug-likeness (QED) is 0.835. The normalized spacial score (nSPS) is 19.4. The zero-order valence-electron chi connectivity index (χ0n) is 10.6. The lowest BCUT2D eigenvalue weighted by molar-refractivity contribution is 0.346. The standard InChI is InChI=1S/C13H19NO2S/c1-15-11-5-4-10(9-6-7-14-8-9)13(17-3)12(11)16-2/h4-5,9,14H,6-8H2,1-3H3. The lowest BCUT2D eigenvalue weighted by atomic mass is 9.98. The molecule has 1 aliphatic rings. The lowest BCUT2D eigenvalue weighted by Crippen LogP contribution is -2.09. The number of methoxy groups -OCH3 is 2. The average molecular weight is 253 g/mol. The van der Waals surface area contributed by atoms with Crippen LogP contribution < -0.4 is 14.8 Å². The largest absolute Gasteiger partial charge is 0.493 e. The smallest absolute Gasteiger partial charge is 0.174 e. The maximum Gasteiger partial charge on any atom is 0.174 e. The number of nitrogens with one attached hydrogen (secondary N) is 1. The van der Waals surface area contributed by atoms with Crippen molar-refractivity contribution in [3.63, 3.8) is 0 Å². The molecule has 17 heavy (non-hydrogen) atoms. The molecule has 0 bridgehead atoms. The molecule has 2 rings (SSSR count). The second-order valence-corrected chi connectivity index (χ2v) is 4.93. The minimum absolute atomic E-state index is 0.595. The van der Waals surface area contributed by atoms with E-state index in [-0.39, 0.29) is 0 Å². The van der Waals surface area contributed by atoms with Gasteiger partial charge in [-0.05, 0) is 36.8 Å². The van der Waals surface area contributed by atoms with E-state index >= 15 is 0 Å². The van der Waals surface area contributed by atoms with Gasteiger partial charge in [0.25, 0.3) is 0 Å². The summed E-state index contributed by atoms with van der Waals surface area (Å²) in [6, 6.07) is 4.18. The molecule has 1 aromatic carbocycles. The lowest BCUT2D eigenvalue weighted by Gasteiger charge is -2.18. The van der Waals surface area contributed by atoms with E-state index < -0.39 is 0 Å². The topological polar surface area (TPSA) is 30.5 Å². The minimum Gasteiger partial charge on any atom is -0.493 e. The fourth-order valence-corrected chi connectivity index (χ4v) is 3.21. The molecule has 0 saturated carbocycles. The average Bonchev–Trinajstić information content (AvgIpc) is 2.90. The molecular formula is C13H19NO2S. The molecule has 1 atom stereocenters. The van der Waals surface area contributed by atoms with Gasteiger partial charge in [-0.15, -0.1) is 11.8 Å². The molecule has 94 valence electrons. The van der Waals surface area contributed by atoms with Crippen LogP contribution in [0.15, 0.2) is 17.0 Å². The number of rotatable bonds is 4. The third-order valence-corrected chi connectivity index (χ3v) is 4.06. The Bertz CT molecular complexity index is 389. The van der Waals surface area contributed by atoms with E-state index in [1.807, 2.05) is 6.07 Å². The van der Waals surface area contributed by atoms with Crippen LogP contribution in [0.1, 0.15) is 17.9 Å². The summed E-state index contributed by atoms with van der Waals surface area (Å²) in [6.45, 7) is 2.16. The maximum absolute atomic E-state index is 5.49. The highest BCUT2D eigenvalue weighted by molar-refractivity contribution is 7.98. The Kier molecular flexibility index (Phi) is 4.18. The van der Waals surface area contributed by atoms with Gasteiger partial charge in [-0.2, -0.15) is 0 Å². The van der Waals surface area contributed by atoms with Crippen molar-refractivity contribution in [2.24, 2.45) is 0 Å². The van der Waals surface area contributed by atoms with Gasteiger partial charge in [0.2, 0.25) is 0 Å². The Morgan fingerprint density at radius 1 is 1.29 bits per heavy atom. The Hall–Kier alpha value is -0.870. The van der Waals surface area contributed by atoms with Gasteiger partial charge >= 0.3 is 0 Å². The predicted molar refractivity (Wildman–Crippen MR) is 71.6 cm³/mol. The van der Waals surface area contributed by atoms with Gasteiger partial charge in [-0.1, -0.05) is 6.07 Å². The molecule has 4 heteroatoms. The molecule has 0 amide bonds. The monoisotopic (exact) mass is 253 g/mol. The van der Waals surface area contributed by atoms with Crippen LogP contribution in [0.25, 0.3) is 0 Å². The first-order chi connectivity index (χ1) is 8.31. The third-order valence-electron chi connectivity index (χ3n) is 3.23. The number of thioether (sulfide) groups is 1. The molecular weight excluding hydrogens is 234 g/mol. The SMILES string of the molecule is COc1ccc(C2CCNC2)c(SC)c1OC. The highest BCUT2D eigenvalue weighted by Gasteiger charge is 2.23. The zero-order chi connectivity index (χ0) is 12.3. The summed E-state index contributed by atoms with van der Waals surface area (Å²) in [5.74, 6) is 2.27. The van der Waals surface area contributed by atoms with Gasteiger partial charge in [-0.25, -0.2) is 0 Å². The highest BCUT2D eigenvalue weighted by Crippen LogP contribution is 2.42. The van der Waals surface area contributed by atoms with Crippen molar-refractivity contribution in [2.75, 3.05) is 33.6 Å². The van der Waals surface area contributed by atoms with Crippen LogP contribution in [0.4, 0.5) is 0 Å². The second kappa shape index (κ2) is 5.65. The van der Waals surface area contributed by atoms with E-state index in [0.717, 1.165) is 24.6 Å². The van der Waals surface area contributed by atoms with Crippen molar-refractivity contribution in [3.05, 3.63) is 17.7 Å². The summed E-state index contributed by atoms with van der Waals surface area (Å²) >= 11 is 1.73. The first-order valence-corrected chi connectivity index (χ1v) is 7.03. The first kappa shape index (κ1) is 12.6. The second-order valence-electron chi connectivity index (χ2n) is 4.11. The number of hydrogen-bond donors (Lipinski definition) is 1.